The first-order valence-corrected chi connectivity index (χ1v) is 13.8. The zero-order chi connectivity index (χ0) is 23.9. The lowest BCUT2D eigenvalue weighted by atomic mass is 9.60. The van der Waals surface area contributed by atoms with Crippen molar-refractivity contribution in [1.29, 1.82) is 0 Å². The van der Waals surface area contributed by atoms with Gasteiger partial charge in [0.1, 0.15) is 0 Å². The van der Waals surface area contributed by atoms with Crippen LogP contribution in [-0.2, 0) is 14.3 Å². The molecule has 0 bridgehead atoms. The Bertz CT molecular complexity index is 741. The third-order valence-electron chi connectivity index (χ3n) is 10.3. The van der Waals surface area contributed by atoms with Gasteiger partial charge in [-0.05, 0) is 99.7 Å². The zero-order valence-electron chi connectivity index (χ0n) is 21.8. The highest BCUT2D eigenvalue weighted by Gasteiger charge is 2.45. The maximum Gasteiger partial charge on any atom is 0.316 e. The molecule has 0 aromatic heterocycles. The molecule has 4 aliphatic rings. The van der Waals surface area contributed by atoms with Gasteiger partial charge in [-0.15, -0.1) is 0 Å². The number of carbonyl (C=O) groups excluding carboxylic acids is 2. The summed E-state index contributed by atoms with van der Waals surface area (Å²) in [5, 5.41) is 0. The molecule has 0 aromatic carbocycles. The van der Waals surface area contributed by atoms with E-state index in [9.17, 15) is 9.59 Å². The van der Waals surface area contributed by atoms with Crippen molar-refractivity contribution in [3.05, 3.63) is 23.3 Å². The maximum atomic E-state index is 13.2. The van der Waals surface area contributed by atoms with Gasteiger partial charge in [0.15, 0.2) is 0 Å². The molecular formula is C30H46O3. The minimum absolute atomic E-state index is 0.223. The van der Waals surface area contributed by atoms with Crippen LogP contribution in [0.1, 0.15) is 92.9 Å². The van der Waals surface area contributed by atoms with Crippen molar-refractivity contribution < 1.29 is 14.3 Å². The molecule has 2 saturated carbocycles. The summed E-state index contributed by atoms with van der Waals surface area (Å²) in [6.07, 6.45) is 14.2. The van der Waals surface area contributed by atoms with Gasteiger partial charge in [0, 0.05) is 0 Å². The first-order chi connectivity index (χ1) is 15.7. The molecule has 3 heteroatoms. The molecule has 0 aliphatic heterocycles. The van der Waals surface area contributed by atoms with Crippen molar-refractivity contribution in [2.75, 3.05) is 0 Å². The molecule has 0 amide bonds. The van der Waals surface area contributed by atoms with Crippen LogP contribution in [0.5, 0.6) is 0 Å². The first-order valence-electron chi connectivity index (χ1n) is 13.8. The Balaban J connectivity index is 1.42. The third kappa shape index (κ3) is 5.03. The molecule has 3 nitrogen and oxygen atoms in total. The Morgan fingerprint density at radius 1 is 0.727 bits per heavy atom. The second-order valence-electron chi connectivity index (χ2n) is 12.3. The van der Waals surface area contributed by atoms with Crippen molar-refractivity contribution in [2.45, 2.75) is 92.9 Å². The van der Waals surface area contributed by atoms with Crippen LogP contribution in [-0.4, -0.2) is 11.9 Å². The number of fused-ring (bicyclic) bond motifs is 2. The second kappa shape index (κ2) is 10.1. The van der Waals surface area contributed by atoms with E-state index in [1.165, 1.54) is 49.7 Å². The number of ether oxygens (including phenoxy) is 1. The topological polar surface area (TPSA) is 43.4 Å². The van der Waals surface area contributed by atoms with E-state index >= 15 is 0 Å². The van der Waals surface area contributed by atoms with Crippen LogP contribution in [0.25, 0.3) is 0 Å². The van der Waals surface area contributed by atoms with Crippen molar-refractivity contribution in [3.8, 4) is 0 Å². The molecule has 0 saturated heterocycles. The van der Waals surface area contributed by atoms with Crippen LogP contribution in [0, 0.1) is 59.2 Å². The Kier molecular flexibility index (Phi) is 7.56. The van der Waals surface area contributed by atoms with Gasteiger partial charge in [-0.25, -0.2) is 0 Å². The summed E-state index contributed by atoms with van der Waals surface area (Å²) in [5.41, 5.74) is 2.91. The van der Waals surface area contributed by atoms with Gasteiger partial charge in [0.2, 0.25) is 0 Å². The summed E-state index contributed by atoms with van der Waals surface area (Å²) in [6, 6.07) is 0. The summed E-state index contributed by atoms with van der Waals surface area (Å²) in [7, 11) is 0. The lowest BCUT2D eigenvalue weighted by molar-refractivity contribution is -0.169. The summed E-state index contributed by atoms with van der Waals surface area (Å²) < 4.78 is 5.63. The fourth-order valence-electron chi connectivity index (χ4n) is 7.98. The smallest absolute Gasteiger partial charge is 0.316 e. The normalized spacial score (nSPS) is 40.4. The Morgan fingerprint density at radius 2 is 1.12 bits per heavy atom. The Labute approximate surface area is 201 Å². The van der Waals surface area contributed by atoms with Gasteiger partial charge in [-0.3, -0.25) is 9.59 Å². The molecule has 4 rings (SSSR count). The number of hydrogen-bond acceptors (Lipinski definition) is 3. The highest BCUT2D eigenvalue weighted by Crippen LogP contribution is 2.49. The van der Waals surface area contributed by atoms with Crippen LogP contribution >= 0.6 is 0 Å². The van der Waals surface area contributed by atoms with Crippen LogP contribution in [0.2, 0.25) is 0 Å². The number of rotatable bonds is 4. The SMILES string of the molecule is CC1=C[C@H]2C([C@H](C)C(=O)OC(=O)[C@H](C)C3CC[C@@H](C)[C@@H]4CCC(C)=C[C@H]34)CC[C@H](C)[C@H]2CC1. The molecule has 33 heavy (non-hydrogen) atoms. The van der Waals surface area contributed by atoms with Gasteiger partial charge in [0.25, 0.3) is 0 Å². The van der Waals surface area contributed by atoms with Crippen molar-refractivity contribution in [3.63, 3.8) is 0 Å². The van der Waals surface area contributed by atoms with Crippen LogP contribution < -0.4 is 0 Å². The number of hydrogen-bond donors (Lipinski definition) is 0. The lowest BCUT2D eigenvalue weighted by Crippen LogP contribution is -2.42. The molecule has 0 spiro atoms. The van der Waals surface area contributed by atoms with Gasteiger partial charge in [-0.2, -0.15) is 0 Å². The molecule has 0 aromatic rings. The molecule has 184 valence electrons. The molecule has 4 aliphatic carbocycles. The summed E-state index contributed by atoms with van der Waals surface area (Å²) in [6.45, 7) is 13.2. The van der Waals surface area contributed by atoms with Gasteiger partial charge < -0.3 is 4.74 Å². The summed E-state index contributed by atoms with van der Waals surface area (Å²) in [4.78, 5) is 26.4. The second-order valence-corrected chi connectivity index (χ2v) is 12.3. The van der Waals surface area contributed by atoms with Gasteiger partial charge in [0.05, 0.1) is 11.8 Å². The monoisotopic (exact) mass is 454 g/mol. The molecule has 0 heterocycles. The van der Waals surface area contributed by atoms with E-state index < -0.39 is 0 Å². The lowest BCUT2D eigenvalue weighted by Gasteiger charge is -2.45. The van der Waals surface area contributed by atoms with E-state index in [-0.39, 0.29) is 23.8 Å². The van der Waals surface area contributed by atoms with Gasteiger partial charge in [-0.1, -0.05) is 63.8 Å². The summed E-state index contributed by atoms with van der Waals surface area (Å²) >= 11 is 0. The molecule has 2 fully saturated rings. The van der Waals surface area contributed by atoms with Crippen LogP contribution in [0.3, 0.4) is 0 Å². The predicted octanol–water partition coefficient (Wildman–Crippen LogP) is 7.37. The van der Waals surface area contributed by atoms with E-state index in [0.29, 0.717) is 47.3 Å². The van der Waals surface area contributed by atoms with Gasteiger partial charge >= 0.3 is 11.9 Å². The quantitative estimate of drug-likeness (QED) is 0.253. The molecular weight excluding hydrogens is 408 g/mol. The van der Waals surface area contributed by atoms with Crippen LogP contribution in [0.15, 0.2) is 23.3 Å². The fraction of sp³-hybridized carbons (Fsp3) is 0.800. The highest BCUT2D eigenvalue weighted by atomic mass is 16.6. The first kappa shape index (κ1) is 24.7. The summed E-state index contributed by atoms with van der Waals surface area (Å²) in [5.74, 6) is 3.22. The number of esters is 2. The van der Waals surface area contributed by atoms with E-state index in [1.807, 2.05) is 13.8 Å². The molecule has 10 atom stereocenters. The minimum Gasteiger partial charge on any atom is -0.393 e. The minimum atomic E-state index is -0.294. The molecule has 2 unspecified atom stereocenters. The predicted molar refractivity (Wildman–Crippen MR) is 133 cm³/mol. The molecule has 0 radical (unpaired) electrons. The van der Waals surface area contributed by atoms with E-state index in [2.05, 4.69) is 39.8 Å². The highest BCUT2D eigenvalue weighted by molar-refractivity contribution is 5.88. The van der Waals surface area contributed by atoms with E-state index in [4.69, 9.17) is 4.74 Å². The van der Waals surface area contributed by atoms with Crippen molar-refractivity contribution >= 4 is 11.9 Å². The standard InChI is InChI=1S/C30H46O3/c1-17-7-11-23-19(3)9-13-25(27(23)15-17)21(5)29(31)33-30(32)22(6)26-14-10-20(4)24-12-8-18(2)16-28(24)26/h15-16,19-28H,7-14H2,1-6H3/t19-,20+,21-,22+,23+,24-,25?,26?,27+,28-. The third-order valence-corrected chi connectivity index (χ3v) is 10.3. The van der Waals surface area contributed by atoms with Crippen LogP contribution in [0.4, 0.5) is 0 Å². The van der Waals surface area contributed by atoms with E-state index in [0.717, 1.165) is 12.8 Å². The van der Waals surface area contributed by atoms with Crippen molar-refractivity contribution in [2.24, 2.45) is 59.2 Å². The molecule has 0 N–H and O–H groups in total. The zero-order valence-corrected chi connectivity index (χ0v) is 21.8. The maximum absolute atomic E-state index is 13.2. The fourth-order valence-corrected chi connectivity index (χ4v) is 7.98. The number of allylic oxidation sites excluding steroid dienone is 4. The average Bonchev–Trinajstić information content (AvgIpc) is 2.78. The Hall–Kier alpha value is -1.38. The number of carbonyl (C=O) groups is 2. The van der Waals surface area contributed by atoms with Crippen molar-refractivity contribution in [1.82, 2.24) is 0 Å². The average molecular weight is 455 g/mol. The largest absolute Gasteiger partial charge is 0.393 e. The Morgan fingerprint density at radius 3 is 1.52 bits per heavy atom. The van der Waals surface area contributed by atoms with E-state index in [1.54, 1.807) is 0 Å².